The summed E-state index contributed by atoms with van der Waals surface area (Å²) in [5, 5.41) is 6.80. The van der Waals surface area contributed by atoms with E-state index >= 15 is 0 Å². The molecule has 0 unspecified atom stereocenters. The quantitative estimate of drug-likeness (QED) is 0.367. The highest BCUT2D eigenvalue weighted by Crippen LogP contribution is 2.02. The van der Waals surface area contributed by atoms with Crippen molar-refractivity contribution in [3.8, 4) is 0 Å². The van der Waals surface area contributed by atoms with Crippen molar-refractivity contribution in [2.45, 2.75) is 52.4 Å². The average Bonchev–Trinajstić information content (AvgIpc) is 2.75. The van der Waals surface area contributed by atoms with Crippen LogP contribution >= 0.6 is 0 Å². The number of likely N-dealkylation sites (N-methyl/N-ethyl adjacent to an activating group) is 1. The normalized spacial score (nSPS) is 18.0. The van der Waals surface area contributed by atoms with Crippen LogP contribution in [0.3, 0.4) is 0 Å². The number of rotatable bonds is 10. The first-order valence-electron chi connectivity index (χ1n) is 9.69. The zero-order chi connectivity index (χ0) is 16.8. The number of hydrogen-bond acceptors (Lipinski definition) is 3. The van der Waals surface area contributed by atoms with Gasteiger partial charge in [0.1, 0.15) is 0 Å². The third-order valence-electron chi connectivity index (χ3n) is 4.38. The van der Waals surface area contributed by atoms with E-state index in [1.54, 1.807) is 0 Å². The Labute approximate surface area is 143 Å². The van der Waals surface area contributed by atoms with Crippen LogP contribution in [0.5, 0.6) is 0 Å². The summed E-state index contributed by atoms with van der Waals surface area (Å²) in [5.41, 5.74) is 0. The second kappa shape index (κ2) is 13.6. The monoisotopic (exact) mass is 325 g/mol. The number of hydrogen-bond donors (Lipinski definition) is 2. The highest BCUT2D eigenvalue weighted by molar-refractivity contribution is 5.79. The number of nitrogens with one attached hydrogen (secondary N) is 2. The van der Waals surface area contributed by atoms with Crippen molar-refractivity contribution in [2.24, 2.45) is 4.99 Å². The molecule has 0 radical (unpaired) electrons. The van der Waals surface area contributed by atoms with E-state index in [0.717, 1.165) is 32.0 Å². The summed E-state index contributed by atoms with van der Waals surface area (Å²) in [7, 11) is 2.22. The topological polar surface area (TPSA) is 42.9 Å². The van der Waals surface area contributed by atoms with Crippen LogP contribution in [0, 0.1) is 0 Å². The first-order valence-corrected chi connectivity index (χ1v) is 9.69. The largest absolute Gasteiger partial charge is 0.357 e. The molecule has 1 fully saturated rings. The van der Waals surface area contributed by atoms with Gasteiger partial charge in [-0.25, -0.2) is 0 Å². The molecule has 5 heteroatoms. The SMILES string of the molecule is CCCCCCNC(=NCCCN1CCCN(C)CC1)NCC. The molecule has 0 spiro atoms. The van der Waals surface area contributed by atoms with Crippen molar-refractivity contribution in [2.75, 3.05) is 59.4 Å². The van der Waals surface area contributed by atoms with Crippen LogP contribution in [0.2, 0.25) is 0 Å². The van der Waals surface area contributed by atoms with Crippen molar-refractivity contribution in [1.82, 2.24) is 20.4 Å². The second-order valence-corrected chi connectivity index (χ2v) is 6.60. The summed E-state index contributed by atoms with van der Waals surface area (Å²) >= 11 is 0. The summed E-state index contributed by atoms with van der Waals surface area (Å²) in [6, 6.07) is 0. The van der Waals surface area contributed by atoms with Crippen molar-refractivity contribution >= 4 is 5.96 Å². The minimum atomic E-state index is 0.913. The van der Waals surface area contributed by atoms with Gasteiger partial charge in [0.2, 0.25) is 0 Å². The molecule has 0 aromatic heterocycles. The third-order valence-corrected chi connectivity index (χ3v) is 4.38. The Morgan fingerprint density at radius 1 is 0.957 bits per heavy atom. The molecule has 0 atom stereocenters. The zero-order valence-corrected chi connectivity index (χ0v) is 15.7. The Morgan fingerprint density at radius 2 is 1.83 bits per heavy atom. The number of unbranched alkanes of at least 4 members (excludes halogenated alkanes) is 3. The van der Waals surface area contributed by atoms with Gasteiger partial charge in [-0.05, 0) is 52.9 Å². The van der Waals surface area contributed by atoms with E-state index in [9.17, 15) is 0 Å². The molecule has 0 bridgehead atoms. The smallest absolute Gasteiger partial charge is 0.191 e. The van der Waals surface area contributed by atoms with Crippen LogP contribution in [-0.4, -0.2) is 75.2 Å². The minimum Gasteiger partial charge on any atom is -0.357 e. The van der Waals surface area contributed by atoms with Crippen molar-refractivity contribution < 1.29 is 0 Å². The Morgan fingerprint density at radius 3 is 2.61 bits per heavy atom. The average molecular weight is 326 g/mol. The van der Waals surface area contributed by atoms with E-state index in [4.69, 9.17) is 4.99 Å². The van der Waals surface area contributed by atoms with Gasteiger partial charge in [-0.3, -0.25) is 4.99 Å². The number of nitrogens with zero attached hydrogens (tertiary/aromatic N) is 3. The zero-order valence-electron chi connectivity index (χ0n) is 15.7. The Bertz CT molecular complexity index is 306. The fraction of sp³-hybridized carbons (Fsp3) is 0.944. The van der Waals surface area contributed by atoms with Crippen molar-refractivity contribution in [1.29, 1.82) is 0 Å². The molecule has 2 N–H and O–H groups in total. The van der Waals surface area contributed by atoms with Gasteiger partial charge in [-0.15, -0.1) is 0 Å². The van der Waals surface area contributed by atoms with E-state index < -0.39 is 0 Å². The Balaban J connectivity index is 2.17. The van der Waals surface area contributed by atoms with Crippen LogP contribution < -0.4 is 10.6 Å². The summed E-state index contributed by atoms with van der Waals surface area (Å²) < 4.78 is 0. The van der Waals surface area contributed by atoms with Gasteiger partial charge in [0, 0.05) is 32.7 Å². The highest BCUT2D eigenvalue weighted by Gasteiger charge is 2.11. The molecule has 0 aliphatic carbocycles. The molecule has 136 valence electrons. The van der Waals surface area contributed by atoms with Crippen molar-refractivity contribution in [3.05, 3.63) is 0 Å². The fourth-order valence-corrected chi connectivity index (χ4v) is 2.91. The van der Waals surface area contributed by atoms with Gasteiger partial charge < -0.3 is 20.4 Å². The van der Waals surface area contributed by atoms with Crippen molar-refractivity contribution in [3.63, 3.8) is 0 Å². The van der Waals surface area contributed by atoms with Gasteiger partial charge in [-0.2, -0.15) is 0 Å². The van der Waals surface area contributed by atoms with E-state index in [1.807, 2.05) is 0 Å². The number of guanidine groups is 1. The van der Waals surface area contributed by atoms with Crippen LogP contribution in [-0.2, 0) is 0 Å². The van der Waals surface area contributed by atoms with Crippen LogP contribution in [0.4, 0.5) is 0 Å². The molecule has 0 aromatic rings. The molecule has 1 aliphatic rings. The van der Waals surface area contributed by atoms with Gasteiger partial charge in [0.05, 0.1) is 0 Å². The lowest BCUT2D eigenvalue weighted by Gasteiger charge is -2.19. The molecule has 0 saturated carbocycles. The molecule has 0 aromatic carbocycles. The molecule has 1 aliphatic heterocycles. The molecule has 5 nitrogen and oxygen atoms in total. The van der Waals surface area contributed by atoms with Crippen LogP contribution in [0.15, 0.2) is 4.99 Å². The summed E-state index contributed by atoms with van der Waals surface area (Å²) in [6.45, 7) is 13.3. The molecule has 23 heavy (non-hydrogen) atoms. The molecule has 1 rings (SSSR count). The van der Waals surface area contributed by atoms with Gasteiger partial charge in [-0.1, -0.05) is 26.2 Å². The minimum absolute atomic E-state index is 0.913. The van der Waals surface area contributed by atoms with E-state index in [1.165, 1.54) is 64.8 Å². The van der Waals surface area contributed by atoms with Gasteiger partial charge in [0.25, 0.3) is 0 Å². The predicted octanol–water partition coefficient (Wildman–Crippen LogP) is 2.15. The van der Waals surface area contributed by atoms with Gasteiger partial charge in [0.15, 0.2) is 5.96 Å². The second-order valence-electron chi connectivity index (χ2n) is 6.60. The lowest BCUT2D eigenvalue weighted by atomic mass is 10.2. The lowest BCUT2D eigenvalue weighted by Crippen LogP contribution is -2.38. The molecular weight excluding hydrogens is 286 g/mol. The summed E-state index contributed by atoms with van der Waals surface area (Å²) in [6.07, 6.45) is 7.62. The predicted molar refractivity (Wildman–Crippen MR) is 101 cm³/mol. The summed E-state index contributed by atoms with van der Waals surface area (Å²) in [5.74, 6) is 0.986. The maximum absolute atomic E-state index is 4.71. The standard InChI is InChI=1S/C18H39N5/c1-4-6-7-8-11-20-18(19-5-2)21-12-9-14-23-15-10-13-22(3)16-17-23/h4-17H2,1-3H3,(H2,19,20,21). The summed E-state index contributed by atoms with van der Waals surface area (Å²) in [4.78, 5) is 9.73. The van der Waals surface area contributed by atoms with Crippen LogP contribution in [0.25, 0.3) is 0 Å². The van der Waals surface area contributed by atoms with E-state index in [-0.39, 0.29) is 0 Å². The van der Waals surface area contributed by atoms with Crippen LogP contribution in [0.1, 0.15) is 52.4 Å². The lowest BCUT2D eigenvalue weighted by molar-refractivity contribution is 0.275. The number of aliphatic imine (C=N–C) groups is 1. The highest BCUT2D eigenvalue weighted by atomic mass is 15.2. The van der Waals surface area contributed by atoms with E-state index in [2.05, 4.69) is 41.3 Å². The fourth-order valence-electron chi connectivity index (χ4n) is 2.91. The first kappa shape index (κ1) is 20.2. The molecule has 0 amide bonds. The molecule has 1 saturated heterocycles. The maximum Gasteiger partial charge on any atom is 0.191 e. The third kappa shape index (κ3) is 10.6. The Kier molecular flexibility index (Phi) is 12.0. The molecular formula is C18H39N5. The maximum atomic E-state index is 4.71. The Hall–Kier alpha value is -0.810. The first-order chi connectivity index (χ1) is 11.3. The van der Waals surface area contributed by atoms with E-state index in [0.29, 0.717) is 0 Å². The molecule has 1 heterocycles. The van der Waals surface area contributed by atoms with Gasteiger partial charge >= 0.3 is 0 Å².